The second kappa shape index (κ2) is 11.2. The first kappa shape index (κ1) is 28.7. The highest BCUT2D eigenvalue weighted by molar-refractivity contribution is 6.11. The Morgan fingerprint density at radius 2 is 0.788 bits per heavy atom. The van der Waals surface area contributed by atoms with Crippen LogP contribution in [0.15, 0.2) is 176 Å². The lowest BCUT2D eigenvalue weighted by Gasteiger charge is -2.15. The summed E-state index contributed by atoms with van der Waals surface area (Å²) in [7, 11) is 0. The van der Waals surface area contributed by atoms with Crippen LogP contribution in [0.4, 0.5) is 0 Å². The monoisotopic (exact) mass is 663 g/mol. The number of hydrogen-bond acceptors (Lipinski definition) is 3. The van der Waals surface area contributed by atoms with Crippen molar-refractivity contribution in [1.29, 1.82) is 0 Å². The summed E-state index contributed by atoms with van der Waals surface area (Å²) >= 11 is 0. The molecule has 0 atom stereocenters. The Bertz CT molecular complexity index is 3100. The molecule has 0 radical (unpaired) electrons. The molecule has 3 heterocycles. The fourth-order valence-electron chi connectivity index (χ4n) is 8.03. The van der Waals surface area contributed by atoms with Gasteiger partial charge in [0.15, 0.2) is 11.6 Å². The molecule has 5 heteroatoms. The van der Waals surface area contributed by atoms with E-state index in [0.717, 1.165) is 49.7 Å². The zero-order valence-electron chi connectivity index (χ0n) is 28.0. The molecule has 11 aromatic rings. The molecule has 3 aromatic heterocycles. The van der Waals surface area contributed by atoms with Crippen molar-refractivity contribution in [1.82, 2.24) is 24.1 Å². The summed E-state index contributed by atoms with van der Waals surface area (Å²) in [6.07, 6.45) is 0. The van der Waals surface area contributed by atoms with Crippen LogP contribution in [0.25, 0.3) is 99.6 Å². The number of hydrogen-bond donors (Lipinski definition) is 0. The number of fused-ring (bicyclic) bond motifs is 9. The van der Waals surface area contributed by atoms with E-state index in [0.29, 0.717) is 17.6 Å². The Hall–Kier alpha value is -7.11. The highest BCUT2D eigenvalue weighted by atomic mass is 15.2. The van der Waals surface area contributed by atoms with Crippen molar-refractivity contribution >= 4 is 65.2 Å². The maximum atomic E-state index is 5.34. The Balaban J connectivity index is 1.22. The quantitative estimate of drug-likeness (QED) is 0.176. The fraction of sp³-hybridized carbons (Fsp3) is 0. The molecule has 5 nitrogen and oxygen atoms in total. The molecule has 0 aliphatic heterocycles. The van der Waals surface area contributed by atoms with Crippen LogP contribution in [0, 0.1) is 0 Å². The SMILES string of the molecule is c1ccc(-n2c3ccccc3c3ccccc32)c(-c2nc(-c3ccc4ccc5ccccc5c4c3)nc(-n3c4ccccc4c4ccccc43)n2)c1. The standard InChI is InChI=1S/C47H29N5/c1-2-14-33-30(13-1)25-26-31-27-28-32(29-39(31)33)45-48-46(50-47(49-45)52-42-22-10-5-17-36(42)37-18-6-11-23-43(37)52)38-19-7-12-24-44(38)51-40-20-8-3-15-34(40)35-16-4-9-21-41(35)51/h1-29H. The maximum Gasteiger partial charge on any atom is 0.238 e. The Kier molecular flexibility index (Phi) is 6.18. The predicted molar refractivity (Wildman–Crippen MR) is 214 cm³/mol. The van der Waals surface area contributed by atoms with Crippen LogP contribution in [-0.4, -0.2) is 24.1 Å². The Morgan fingerprint density at radius 1 is 0.327 bits per heavy atom. The minimum absolute atomic E-state index is 0.576. The fourth-order valence-corrected chi connectivity index (χ4v) is 8.03. The number of benzene rings is 8. The molecule has 0 bridgehead atoms. The van der Waals surface area contributed by atoms with E-state index >= 15 is 0 Å². The molecule has 11 rings (SSSR count). The van der Waals surface area contributed by atoms with Crippen LogP contribution in [0.2, 0.25) is 0 Å². The van der Waals surface area contributed by atoms with Gasteiger partial charge in [-0.2, -0.15) is 9.97 Å². The first-order valence-electron chi connectivity index (χ1n) is 17.5. The molecular formula is C47H29N5. The Labute approximate surface area is 298 Å². The molecule has 0 amide bonds. The molecule has 0 saturated carbocycles. The summed E-state index contributed by atoms with van der Waals surface area (Å²) in [6, 6.07) is 62.0. The minimum Gasteiger partial charge on any atom is -0.309 e. The number of para-hydroxylation sites is 5. The van der Waals surface area contributed by atoms with Gasteiger partial charge in [0, 0.05) is 32.7 Å². The minimum atomic E-state index is 0.576. The molecule has 0 unspecified atom stereocenters. The largest absolute Gasteiger partial charge is 0.309 e. The van der Waals surface area contributed by atoms with E-state index in [-0.39, 0.29) is 0 Å². The van der Waals surface area contributed by atoms with Gasteiger partial charge in [-0.3, -0.25) is 4.57 Å². The normalized spacial score (nSPS) is 11.8. The van der Waals surface area contributed by atoms with Gasteiger partial charge < -0.3 is 4.57 Å². The van der Waals surface area contributed by atoms with E-state index in [2.05, 4.69) is 185 Å². The summed E-state index contributed by atoms with van der Waals surface area (Å²) in [5.74, 6) is 1.80. The predicted octanol–water partition coefficient (Wildman–Crippen LogP) is 11.7. The van der Waals surface area contributed by atoms with Crippen molar-refractivity contribution in [2.24, 2.45) is 0 Å². The smallest absolute Gasteiger partial charge is 0.238 e. The third kappa shape index (κ3) is 4.26. The highest BCUT2D eigenvalue weighted by Gasteiger charge is 2.21. The van der Waals surface area contributed by atoms with Crippen molar-refractivity contribution in [3.63, 3.8) is 0 Å². The zero-order chi connectivity index (χ0) is 34.2. The molecule has 0 aliphatic rings. The lowest BCUT2D eigenvalue weighted by atomic mass is 10.00. The van der Waals surface area contributed by atoms with Crippen molar-refractivity contribution in [3.8, 4) is 34.4 Å². The highest BCUT2D eigenvalue weighted by Crippen LogP contribution is 2.37. The van der Waals surface area contributed by atoms with Gasteiger partial charge in [-0.15, -0.1) is 0 Å². The molecule has 0 aliphatic carbocycles. The zero-order valence-corrected chi connectivity index (χ0v) is 28.0. The van der Waals surface area contributed by atoms with E-state index in [1.807, 2.05) is 0 Å². The third-order valence-electron chi connectivity index (χ3n) is 10.4. The van der Waals surface area contributed by atoms with Gasteiger partial charge in [0.25, 0.3) is 0 Å². The second-order valence-electron chi connectivity index (χ2n) is 13.3. The summed E-state index contributed by atoms with van der Waals surface area (Å²) in [5, 5.41) is 9.48. The van der Waals surface area contributed by atoms with Crippen LogP contribution in [0.3, 0.4) is 0 Å². The first-order chi connectivity index (χ1) is 25.8. The van der Waals surface area contributed by atoms with E-state index in [1.165, 1.54) is 32.3 Å². The molecule has 0 fully saturated rings. The Morgan fingerprint density at radius 3 is 1.42 bits per heavy atom. The van der Waals surface area contributed by atoms with E-state index < -0.39 is 0 Å². The summed E-state index contributed by atoms with van der Waals surface area (Å²) in [6.45, 7) is 0. The van der Waals surface area contributed by atoms with Crippen LogP contribution >= 0.6 is 0 Å². The number of rotatable bonds is 4. The molecule has 242 valence electrons. The lowest BCUT2D eigenvalue weighted by molar-refractivity contribution is 0.952. The van der Waals surface area contributed by atoms with Gasteiger partial charge in [-0.1, -0.05) is 133 Å². The number of aromatic nitrogens is 5. The van der Waals surface area contributed by atoms with Crippen LogP contribution < -0.4 is 0 Å². The molecule has 0 N–H and O–H groups in total. The summed E-state index contributed by atoms with van der Waals surface area (Å²) < 4.78 is 4.52. The summed E-state index contributed by atoms with van der Waals surface area (Å²) in [4.78, 5) is 15.9. The van der Waals surface area contributed by atoms with E-state index in [9.17, 15) is 0 Å². The van der Waals surface area contributed by atoms with Crippen molar-refractivity contribution < 1.29 is 0 Å². The number of nitrogens with zero attached hydrogens (tertiary/aromatic N) is 5. The van der Waals surface area contributed by atoms with Gasteiger partial charge in [0.05, 0.1) is 27.8 Å². The molecule has 0 spiro atoms. The van der Waals surface area contributed by atoms with Gasteiger partial charge in [0.2, 0.25) is 5.95 Å². The van der Waals surface area contributed by atoms with Crippen LogP contribution in [-0.2, 0) is 0 Å². The maximum absolute atomic E-state index is 5.34. The van der Waals surface area contributed by atoms with Gasteiger partial charge in [-0.05, 0) is 64.0 Å². The van der Waals surface area contributed by atoms with Crippen LogP contribution in [0.5, 0.6) is 0 Å². The van der Waals surface area contributed by atoms with Crippen molar-refractivity contribution in [2.45, 2.75) is 0 Å². The van der Waals surface area contributed by atoms with Crippen molar-refractivity contribution in [3.05, 3.63) is 176 Å². The third-order valence-corrected chi connectivity index (χ3v) is 10.4. The van der Waals surface area contributed by atoms with Gasteiger partial charge >= 0.3 is 0 Å². The summed E-state index contributed by atoms with van der Waals surface area (Å²) in [5.41, 5.74) is 7.23. The van der Waals surface area contributed by atoms with E-state index in [1.54, 1.807) is 0 Å². The van der Waals surface area contributed by atoms with Crippen LogP contribution in [0.1, 0.15) is 0 Å². The average Bonchev–Trinajstić information content (AvgIpc) is 3.73. The molecule has 8 aromatic carbocycles. The van der Waals surface area contributed by atoms with Gasteiger partial charge in [-0.25, -0.2) is 4.98 Å². The first-order valence-corrected chi connectivity index (χ1v) is 17.5. The molecule has 0 saturated heterocycles. The second-order valence-corrected chi connectivity index (χ2v) is 13.3. The topological polar surface area (TPSA) is 48.5 Å². The lowest BCUT2D eigenvalue weighted by Crippen LogP contribution is -2.07. The molecule has 52 heavy (non-hydrogen) atoms. The van der Waals surface area contributed by atoms with E-state index in [4.69, 9.17) is 15.0 Å². The average molecular weight is 664 g/mol. The van der Waals surface area contributed by atoms with Crippen molar-refractivity contribution in [2.75, 3.05) is 0 Å². The molecular weight excluding hydrogens is 635 g/mol. The van der Waals surface area contributed by atoms with Gasteiger partial charge in [0.1, 0.15) is 0 Å².